The van der Waals surface area contributed by atoms with Crippen molar-refractivity contribution >= 4 is 29.7 Å². The second-order valence-electron chi connectivity index (χ2n) is 6.88. The molecule has 1 aromatic heterocycles. The monoisotopic (exact) mass is 445 g/mol. The number of thioether (sulfide) groups is 1. The van der Waals surface area contributed by atoms with E-state index in [0.29, 0.717) is 11.5 Å². The van der Waals surface area contributed by atoms with Gasteiger partial charge >= 0.3 is 17.9 Å². The van der Waals surface area contributed by atoms with Gasteiger partial charge in [0.2, 0.25) is 0 Å². The van der Waals surface area contributed by atoms with Gasteiger partial charge < -0.3 is 18.9 Å². The summed E-state index contributed by atoms with van der Waals surface area (Å²) in [6.07, 6.45) is 0.745. The highest BCUT2D eigenvalue weighted by molar-refractivity contribution is 7.99. The molecule has 1 aliphatic heterocycles. The Bertz CT molecular complexity index is 919. The predicted molar refractivity (Wildman–Crippen MR) is 113 cm³/mol. The summed E-state index contributed by atoms with van der Waals surface area (Å²) in [4.78, 5) is 38.9. The summed E-state index contributed by atoms with van der Waals surface area (Å²) in [5.74, 6) is -0.787. The fraction of sp³-hybridized carbons (Fsp3) is 0.364. The Labute approximate surface area is 184 Å². The summed E-state index contributed by atoms with van der Waals surface area (Å²) < 4.78 is 22.2. The fourth-order valence-corrected chi connectivity index (χ4v) is 4.43. The average molecular weight is 445 g/mol. The Morgan fingerprint density at radius 3 is 1.94 bits per heavy atom. The molecule has 1 aromatic carbocycles. The third kappa shape index (κ3) is 6.21. The minimum Gasteiger partial charge on any atom is -0.476 e. The van der Waals surface area contributed by atoms with Crippen molar-refractivity contribution in [3.63, 3.8) is 0 Å². The lowest BCUT2D eigenvalue weighted by molar-refractivity contribution is -0.186. The van der Waals surface area contributed by atoms with Crippen LogP contribution in [0, 0.1) is 0 Å². The van der Waals surface area contributed by atoms with Crippen LogP contribution in [0.4, 0.5) is 0 Å². The van der Waals surface area contributed by atoms with Crippen LogP contribution in [0.2, 0.25) is 0 Å². The van der Waals surface area contributed by atoms with E-state index in [0.717, 1.165) is 11.1 Å². The summed E-state index contributed by atoms with van der Waals surface area (Å²) in [6.45, 7) is 3.76. The van der Waals surface area contributed by atoms with E-state index in [1.807, 2.05) is 24.3 Å². The third-order valence-electron chi connectivity index (χ3n) is 4.42. The molecular weight excluding hydrogens is 422 g/mol. The Morgan fingerprint density at radius 2 is 1.35 bits per heavy atom. The highest BCUT2D eigenvalue weighted by Crippen LogP contribution is 2.34. The number of rotatable bonds is 6. The van der Waals surface area contributed by atoms with Crippen molar-refractivity contribution in [3.05, 3.63) is 48.8 Å². The minimum atomic E-state index is -0.979. The average Bonchev–Trinajstić information content (AvgIpc) is 2.72. The lowest BCUT2D eigenvalue weighted by atomic mass is 10.1. The molecule has 0 bridgehead atoms. The van der Waals surface area contributed by atoms with E-state index in [4.69, 9.17) is 18.9 Å². The van der Waals surface area contributed by atoms with Crippen LogP contribution in [0.5, 0.6) is 5.75 Å². The first-order valence-corrected chi connectivity index (χ1v) is 10.7. The molecule has 4 atom stereocenters. The Balaban J connectivity index is 1.80. The van der Waals surface area contributed by atoms with Crippen molar-refractivity contribution in [2.75, 3.05) is 5.75 Å². The van der Waals surface area contributed by atoms with Gasteiger partial charge in [0, 0.05) is 38.9 Å². The van der Waals surface area contributed by atoms with Crippen LogP contribution < -0.4 is 4.74 Å². The minimum absolute atomic E-state index is 0.315. The van der Waals surface area contributed by atoms with Gasteiger partial charge in [-0.15, -0.1) is 11.8 Å². The molecule has 2 aromatic rings. The first-order valence-electron chi connectivity index (χ1n) is 9.64. The summed E-state index contributed by atoms with van der Waals surface area (Å²) in [5, 5.41) is 0. The zero-order valence-corrected chi connectivity index (χ0v) is 18.2. The number of hydrogen-bond acceptors (Lipinski definition) is 9. The van der Waals surface area contributed by atoms with Crippen molar-refractivity contribution in [2.24, 2.45) is 0 Å². The number of carbonyl (C=O) groups is 3. The molecule has 0 spiro atoms. The summed E-state index contributed by atoms with van der Waals surface area (Å²) in [5.41, 5.74) is 1.35. The van der Waals surface area contributed by atoms with Crippen molar-refractivity contribution in [2.45, 2.75) is 44.5 Å². The van der Waals surface area contributed by atoms with E-state index >= 15 is 0 Å². The maximum absolute atomic E-state index is 11.7. The molecule has 3 rings (SSSR count). The lowest BCUT2D eigenvalue weighted by Crippen LogP contribution is -2.55. The number of aromatic nitrogens is 1. The van der Waals surface area contributed by atoms with Crippen LogP contribution in [0.25, 0.3) is 11.1 Å². The number of hydrogen-bond donors (Lipinski definition) is 0. The number of esters is 3. The third-order valence-corrected chi connectivity index (χ3v) is 5.64. The standard InChI is InChI=1S/C22H23NO7S/c1-13(24)27-19-12-31-22(21(29-15(3)26)20(19)28-14(2)25)30-18-6-4-16(5-7-18)17-8-10-23-11-9-17/h4-11,19-22H,12H2,1-3H3/t19-,20+,21-,22-/m1/s1. The maximum Gasteiger partial charge on any atom is 0.303 e. The molecule has 0 aliphatic carbocycles. The summed E-state index contributed by atoms with van der Waals surface area (Å²) in [7, 11) is 0. The predicted octanol–water partition coefficient (Wildman–Crippen LogP) is 3.00. The second-order valence-corrected chi connectivity index (χ2v) is 8.01. The van der Waals surface area contributed by atoms with E-state index in [9.17, 15) is 14.4 Å². The second kappa shape index (κ2) is 10.3. The van der Waals surface area contributed by atoms with Gasteiger partial charge in [-0.2, -0.15) is 0 Å². The van der Waals surface area contributed by atoms with Crippen molar-refractivity contribution < 1.29 is 33.3 Å². The van der Waals surface area contributed by atoms with Crippen LogP contribution >= 0.6 is 11.8 Å². The molecule has 0 amide bonds. The summed E-state index contributed by atoms with van der Waals surface area (Å²) >= 11 is 1.31. The number of benzene rings is 1. The molecule has 0 unspecified atom stereocenters. The van der Waals surface area contributed by atoms with Crippen molar-refractivity contribution in [1.29, 1.82) is 0 Å². The molecule has 1 fully saturated rings. The van der Waals surface area contributed by atoms with E-state index in [2.05, 4.69) is 4.98 Å². The van der Waals surface area contributed by atoms with Gasteiger partial charge in [0.25, 0.3) is 0 Å². The first-order chi connectivity index (χ1) is 14.8. The highest BCUT2D eigenvalue weighted by atomic mass is 32.2. The number of carbonyl (C=O) groups excluding carboxylic acids is 3. The zero-order chi connectivity index (χ0) is 22.4. The molecule has 2 heterocycles. The maximum atomic E-state index is 11.7. The number of pyridine rings is 1. The van der Waals surface area contributed by atoms with Crippen LogP contribution in [-0.4, -0.2) is 52.4 Å². The molecule has 0 N–H and O–H groups in total. The van der Waals surface area contributed by atoms with Crippen LogP contribution in [0.3, 0.4) is 0 Å². The van der Waals surface area contributed by atoms with Crippen LogP contribution in [0.15, 0.2) is 48.8 Å². The van der Waals surface area contributed by atoms with Gasteiger partial charge in [-0.25, -0.2) is 0 Å². The van der Waals surface area contributed by atoms with Crippen LogP contribution in [0.1, 0.15) is 20.8 Å². The van der Waals surface area contributed by atoms with Gasteiger partial charge in [-0.05, 0) is 35.4 Å². The van der Waals surface area contributed by atoms with Gasteiger partial charge in [0.05, 0.1) is 0 Å². The van der Waals surface area contributed by atoms with E-state index in [-0.39, 0.29) is 0 Å². The molecule has 164 valence electrons. The molecule has 0 radical (unpaired) electrons. The quantitative estimate of drug-likeness (QED) is 0.490. The van der Waals surface area contributed by atoms with Crippen molar-refractivity contribution in [3.8, 4) is 16.9 Å². The molecule has 31 heavy (non-hydrogen) atoms. The van der Waals surface area contributed by atoms with Gasteiger partial charge in [-0.1, -0.05) is 12.1 Å². The number of ether oxygens (including phenoxy) is 4. The van der Waals surface area contributed by atoms with Crippen LogP contribution in [-0.2, 0) is 28.6 Å². The number of nitrogens with zero attached hydrogens (tertiary/aromatic N) is 1. The molecule has 1 saturated heterocycles. The molecule has 1 aliphatic rings. The molecular formula is C22H23NO7S. The first kappa shape index (κ1) is 22.6. The van der Waals surface area contributed by atoms with Crippen molar-refractivity contribution in [1.82, 2.24) is 4.98 Å². The largest absolute Gasteiger partial charge is 0.476 e. The van der Waals surface area contributed by atoms with E-state index in [1.165, 1.54) is 32.5 Å². The topological polar surface area (TPSA) is 101 Å². The Hall–Kier alpha value is -3.07. The van der Waals surface area contributed by atoms with Gasteiger partial charge in [0.15, 0.2) is 23.7 Å². The Morgan fingerprint density at radius 1 is 0.806 bits per heavy atom. The smallest absolute Gasteiger partial charge is 0.303 e. The SMILES string of the molecule is CC(=O)O[C@@H]1[C@@H](OC(C)=O)[C@H](OC(C)=O)CS[C@H]1Oc1ccc(-c2ccncc2)cc1. The highest BCUT2D eigenvalue weighted by Gasteiger charge is 2.47. The van der Waals surface area contributed by atoms with E-state index < -0.39 is 41.7 Å². The lowest BCUT2D eigenvalue weighted by Gasteiger charge is -2.39. The normalized spacial score (nSPS) is 22.8. The van der Waals surface area contributed by atoms with Gasteiger partial charge in [-0.3, -0.25) is 19.4 Å². The molecule has 0 saturated carbocycles. The molecule has 8 nitrogen and oxygen atoms in total. The zero-order valence-electron chi connectivity index (χ0n) is 17.3. The Kier molecular flexibility index (Phi) is 7.51. The van der Waals surface area contributed by atoms with Gasteiger partial charge in [0.1, 0.15) is 5.75 Å². The van der Waals surface area contributed by atoms with E-state index in [1.54, 1.807) is 24.5 Å². The fourth-order valence-electron chi connectivity index (χ4n) is 3.21. The molecule has 9 heteroatoms. The summed E-state index contributed by atoms with van der Waals surface area (Å²) in [6, 6.07) is 11.2.